The van der Waals surface area contributed by atoms with Gasteiger partial charge in [-0.2, -0.15) is 0 Å². The summed E-state index contributed by atoms with van der Waals surface area (Å²) in [6.07, 6.45) is 0. The zero-order chi connectivity index (χ0) is 13.1. The minimum Gasteiger partial charge on any atom is -0.439 e. The molecule has 0 aliphatic carbocycles. The number of benzene rings is 1. The van der Waals surface area contributed by atoms with Crippen molar-refractivity contribution in [3.8, 4) is 11.6 Å². The summed E-state index contributed by atoms with van der Waals surface area (Å²) in [6.45, 7) is 3.81. The normalized spacial score (nSPS) is 10.1. The number of hydrogen-bond donors (Lipinski definition) is 2. The average Bonchev–Trinajstić information content (AvgIpc) is 2.31. The molecule has 4 nitrogen and oxygen atoms in total. The Morgan fingerprint density at radius 2 is 1.94 bits per heavy atom. The van der Waals surface area contributed by atoms with Gasteiger partial charge in [0, 0.05) is 17.3 Å². The Morgan fingerprint density at radius 1 is 1.22 bits per heavy atom. The van der Waals surface area contributed by atoms with E-state index < -0.39 is 0 Å². The van der Waals surface area contributed by atoms with Crippen LogP contribution in [0.3, 0.4) is 0 Å². The standard InChI is InChI=1S/C14H15N3O/c1-9-5-3-4-6-12(9)18-13-8-11(14(15)16)7-10(2)17-13/h3-8H,1-2H3,(H3,15,16). The van der Waals surface area contributed by atoms with E-state index in [1.807, 2.05) is 38.1 Å². The average molecular weight is 241 g/mol. The first-order valence-corrected chi connectivity index (χ1v) is 5.63. The van der Waals surface area contributed by atoms with Crippen LogP contribution in [-0.4, -0.2) is 10.8 Å². The zero-order valence-corrected chi connectivity index (χ0v) is 10.4. The van der Waals surface area contributed by atoms with Crippen LogP contribution in [0.25, 0.3) is 0 Å². The first kappa shape index (κ1) is 12.1. The second-order valence-electron chi connectivity index (χ2n) is 4.12. The third-order valence-electron chi connectivity index (χ3n) is 2.55. The van der Waals surface area contributed by atoms with Crippen LogP contribution in [0.4, 0.5) is 0 Å². The van der Waals surface area contributed by atoms with Crippen LogP contribution in [0.5, 0.6) is 11.6 Å². The molecule has 18 heavy (non-hydrogen) atoms. The van der Waals surface area contributed by atoms with Gasteiger partial charge in [0.05, 0.1) is 0 Å². The highest BCUT2D eigenvalue weighted by Gasteiger charge is 2.06. The van der Waals surface area contributed by atoms with Crippen molar-refractivity contribution in [1.29, 1.82) is 5.41 Å². The molecule has 3 N–H and O–H groups in total. The van der Waals surface area contributed by atoms with Gasteiger partial charge in [-0.3, -0.25) is 5.41 Å². The van der Waals surface area contributed by atoms with E-state index in [0.29, 0.717) is 11.4 Å². The lowest BCUT2D eigenvalue weighted by Crippen LogP contribution is -2.11. The van der Waals surface area contributed by atoms with Gasteiger partial charge in [-0.15, -0.1) is 0 Å². The van der Waals surface area contributed by atoms with Gasteiger partial charge in [0.15, 0.2) is 0 Å². The number of aryl methyl sites for hydroxylation is 2. The predicted octanol–water partition coefficient (Wildman–Crippen LogP) is 2.77. The first-order valence-electron chi connectivity index (χ1n) is 5.63. The molecule has 0 aliphatic heterocycles. The topological polar surface area (TPSA) is 72.0 Å². The van der Waals surface area contributed by atoms with Gasteiger partial charge in [0.25, 0.3) is 0 Å². The Hall–Kier alpha value is -2.36. The number of aromatic nitrogens is 1. The van der Waals surface area contributed by atoms with Crippen molar-refractivity contribution in [3.63, 3.8) is 0 Å². The van der Waals surface area contributed by atoms with Crippen LogP contribution < -0.4 is 10.5 Å². The number of nitrogens with two attached hydrogens (primary N) is 1. The van der Waals surface area contributed by atoms with Gasteiger partial charge in [0.1, 0.15) is 11.6 Å². The molecule has 92 valence electrons. The second-order valence-corrected chi connectivity index (χ2v) is 4.12. The van der Waals surface area contributed by atoms with Crippen molar-refractivity contribution in [1.82, 2.24) is 4.98 Å². The van der Waals surface area contributed by atoms with E-state index in [0.717, 1.165) is 17.0 Å². The molecule has 0 fully saturated rings. The van der Waals surface area contributed by atoms with Crippen molar-refractivity contribution < 1.29 is 4.74 Å². The van der Waals surface area contributed by atoms with E-state index >= 15 is 0 Å². The number of nitrogens with one attached hydrogen (secondary N) is 1. The molecule has 0 amide bonds. The molecule has 0 bridgehead atoms. The number of rotatable bonds is 3. The SMILES string of the molecule is Cc1cc(C(=N)N)cc(Oc2ccccc2C)n1. The number of ether oxygens (including phenoxy) is 1. The molecule has 0 atom stereocenters. The van der Waals surface area contributed by atoms with E-state index in [1.54, 1.807) is 12.1 Å². The van der Waals surface area contributed by atoms with Gasteiger partial charge in [-0.1, -0.05) is 18.2 Å². The molecular weight excluding hydrogens is 226 g/mol. The quantitative estimate of drug-likeness (QED) is 0.641. The third-order valence-corrected chi connectivity index (χ3v) is 2.55. The summed E-state index contributed by atoms with van der Waals surface area (Å²) in [7, 11) is 0. The van der Waals surface area contributed by atoms with Gasteiger partial charge in [0.2, 0.25) is 5.88 Å². The highest BCUT2D eigenvalue weighted by molar-refractivity contribution is 5.95. The van der Waals surface area contributed by atoms with Crippen molar-refractivity contribution >= 4 is 5.84 Å². The Balaban J connectivity index is 2.35. The smallest absolute Gasteiger partial charge is 0.220 e. The second kappa shape index (κ2) is 4.87. The lowest BCUT2D eigenvalue weighted by atomic mass is 10.2. The first-order chi connectivity index (χ1) is 8.56. The summed E-state index contributed by atoms with van der Waals surface area (Å²) in [4.78, 5) is 4.28. The monoisotopic (exact) mass is 241 g/mol. The Kier molecular flexibility index (Phi) is 3.28. The summed E-state index contributed by atoms with van der Waals surface area (Å²) in [5.41, 5.74) is 7.89. The van der Waals surface area contributed by atoms with Gasteiger partial charge < -0.3 is 10.5 Å². The van der Waals surface area contributed by atoms with Crippen LogP contribution >= 0.6 is 0 Å². The lowest BCUT2D eigenvalue weighted by Gasteiger charge is -2.09. The molecule has 2 aromatic rings. The van der Waals surface area contributed by atoms with Crippen molar-refractivity contribution in [2.75, 3.05) is 0 Å². The summed E-state index contributed by atoms with van der Waals surface area (Å²) in [5, 5.41) is 7.45. The maximum Gasteiger partial charge on any atom is 0.220 e. The maximum absolute atomic E-state index is 7.45. The Morgan fingerprint density at radius 3 is 2.61 bits per heavy atom. The Labute approximate surface area is 106 Å². The van der Waals surface area contributed by atoms with Crippen LogP contribution in [0.2, 0.25) is 0 Å². The van der Waals surface area contributed by atoms with Gasteiger partial charge in [-0.05, 0) is 31.5 Å². The van der Waals surface area contributed by atoms with Crippen LogP contribution in [0.15, 0.2) is 36.4 Å². The summed E-state index contributed by atoms with van der Waals surface area (Å²) < 4.78 is 5.72. The molecule has 0 radical (unpaired) electrons. The highest BCUT2D eigenvalue weighted by atomic mass is 16.5. The van der Waals surface area contributed by atoms with Gasteiger partial charge in [-0.25, -0.2) is 4.98 Å². The molecule has 0 aliphatic rings. The molecule has 1 heterocycles. The van der Waals surface area contributed by atoms with Crippen LogP contribution in [0.1, 0.15) is 16.8 Å². The number of nitrogens with zero attached hydrogens (tertiary/aromatic N) is 1. The van der Waals surface area contributed by atoms with E-state index in [4.69, 9.17) is 15.9 Å². The highest BCUT2D eigenvalue weighted by Crippen LogP contribution is 2.24. The summed E-state index contributed by atoms with van der Waals surface area (Å²) in [5.74, 6) is 1.22. The van der Waals surface area contributed by atoms with E-state index in [1.165, 1.54) is 0 Å². The van der Waals surface area contributed by atoms with Gasteiger partial charge >= 0.3 is 0 Å². The molecule has 0 spiro atoms. The maximum atomic E-state index is 7.45. The molecular formula is C14H15N3O. The minimum atomic E-state index is 0.00938. The number of amidine groups is 1. The van der Waals surface area contributed by atoms with Crippen LogP contribution in [0, 0.1) is 19.3 Å². The van der Waals surface area contributed by atoms with Crippen molar-refractivity contribution in [2.24, 2.45) is 5.73 Å². The fourth-order valence-corrected chi connectivity index (χ4v) is 1.63. The van der Waals surface area contributed by atoms with E-state index in [2.05, 4.69) is 4.98 Å². The van der Waals surface area contributed by atoms with E-state index in [-0.39, 0.29) is 5.84 Å². The summed E-state index contributed by atoms with van der Waals surface area (Å²) >= 11 is 0. The van der Waals surface area contributed by atoms with Crippen molar-refractivity contribution in [3.05, 3.63) is 53.2 Å². The van der Waals surface area contributed by atoms with E-state index in [9.17, 15) is 0 Å². The molecule has 1 aromatic heterocycles. The number of pyridine rings is 1. The van der Waals surface area contributed by atoms with Crippen LogP contribution in [-0.2, 0) is 0 Å². The molecule has 2 rings (SSSR count). The number of nitrogen functional groups attached to an aromatic ring is 1. The fraction of sp³-hybridized carbons (Fsp3) is 0.143. The zero-order valence-electron chi connectivity index (χ0n) is 10.4. The Bertz CT molecular complexity index is 593. The van der Waals surface area contributed by atoms with Crippen molar-refractivity contribution in [2.45, 2.75) is 13.8 Å². The molecule has 1 aromatic carbocycles. The largest absolute Gasteiger partial charge is 0.439 e. The predicted molar refractivity (Wildman–Crippen MR) is 71.2 cm³/mol. The minimum absolute atomic E-state index is 0.00938. The summed E-state index contributed by atoms with van der Waals surface area (Å²) in [6, 6.07) is 11.1. The molecule has 4 heteroatoms. The molecule has 0 saturated heterocycles. The molecule has 0 unspecified atom stereocenters. The lowest BCUT2D eigenvalue weighted by molar-refractivity contribution is 0.458. The number of para-hydroxylation sites is 1. The fourth-order valence-electron chi connectivity index (χ4n) is 1.63. The number of hydrogen-bond acceptors (Lipinski definition) is 3. The third kappa shape index (κ3) is 2.66. The molecule has 0 saturated carbocycles.